The van der Waals surface area contributed by atoms with Crippen LogP contribution in [0.15, 0.2) is 0 Å². The molecule has 0 saturated carbocycles. The SMILES string of the molecule is O=S(=O)(O)S(=O)(=O)O.O=S(O)O. The number of hydrogen-bond acceptors (Lipinski definition) is 5. The molecule has 0 aliphatic heterocycles. The van der Waals surface area contributed by atoms with E-state index in [4.69, 9.17) is 22.4 Å². The zero-order chi connectivity index (χ0) is 10.6. The van der Waals surface area contributed by atoms with E-state index in [0.717, 1.165) is 0 Å². The molecule has 0 heterocycles. The average Bonchev–Trinajstić information content (AvgIpc) is 1.55. The Balaban J connectivity index is 0. The molecule has 0 fully saturated rings. The smallest absolute Gasteiger partial charge is 0.284 e. The molecule has 0 aromatic carbocycles. The number of rotatable bonds is 1. The summed E-state index contributed by atoms with van der Waals surface area (Å²) in [4.78, 5) is 0. The van der Waals surface area contributed by atoms with Gasteiger partial charge >= 0.3 is 18.3 Å². The second-order valence-electron chi connectivity index (χ2n) is 1.09. The fourth-order valence-electron chi connectivity index (χ4n) is 0. The quantitative estimate of drug-likeness (QED) is 0.240. The molecule has 0 aliphatic rings. The van der Waals surface area contributed by atoms with Crippen molar-refractivity contribution in [3.8, 4) is 0 Å². The van der Waals surface area contributed by atoms with Crippen LogP contribution in [-0.2, 0) is 29.7 Å². The maximum atomic E-state index is 9.37. The molecule has 0 aromatic rings. The summed E-state index contributed by atoms with van der Waals surface area (Å²) in [5, 5.41) is 0. The van der Waals surface area contributed by atoms with Gasteiger partial charge in [0.05, 0.1) is 0 Å². The largest absolute Gasteiger partial charge is 0.397 e. The summed E-state index contributed by atoms with van der Waals surface area (Å²) in [6.07, 6.45) is 0. The highest BCUT2D eigenvalue weighted by Gasteiger charge is 2.22. The molecule has 0 spiro atoms. The summed E-state index contributed by atoms with van der Waals surface area (Å²) in [7, 11) is -10.6. The van der Waals surface area contributed by atoms with Crippen molar-refractivity contribution in [2.75, 3.05) is 0 Å². The molecule has 0 bridgehead atoms. The van der Waals surface area contributed by atoms with Gasteiger partial charge < -0.3 is 0 Å². The van der Waals surface area contributed by atoms with Crippen LogP contribution in [0, 0.1) is 0 Å². The zero-order valence-electron chi connectivity index (χ0n) is 5.05. The van der Waals surface area contributed by atoms with Gasteiger partial charge in [-0.1, -0.05) is 0 Å². The van der Waals surface area contributed by atoms with E-state index in [2.05, 4.69) is 0 Å². The van der Waals surface area contributed by atoms with Gasteiger partial charge in [-0.15, -0.1) is 0 Å². The highest BCUT2D eigenvalue weighted by atomic mass is 33.2. The molecule has 0 aliphatic carbocycles. The first-order chi connectivity index (χ1) is 4.98. The van der Waals surface area contributed by atoms with Crippen molar-refractivity contribution < 1.29 is 39.3 Å². The first kappa shape index (κ1) is 14.4. The van der Waals surface area contributed by atoms with Crippen LogP contribution in [0.5, 0.6) is 0 Å². The van der Waals surface area contributed by atoms with E-state index in [1.54, 1.807) is 0 Å². The van der Waals surface area contributed by atoms with Gasteiger partial charge in [-0.25, -0.2) is 0 Å². The summed E-state index contributed by atoms with van der Waals surface area (Å²) >= 11 is -2.61. The van der Waals surface area contributed by atoms with Crippen molar-refractivity contribution in [2.45, 2.75) is 0 Å². The third-order valence-electron chi connectivity index (χ3n) is 0.266. The van der Waals surface area contributed by atoms with Crippen LogP contribution in [-0.4, -0.2) is 39.3 Å². The lowest BCUT2D eigenvalue weighted by Gasteiger charge is -1.84. The van der Waals surface area contributed by atoms with E-state index in [0.29, 0.717) is 0 Å². The lowest BCUT2D eigenvalue weighted by atomic mass is 15.8. The molecule has 76 valence electrons. The summed E-state index contributed by atoms with van der Waals surface area (Å²) in [6, 6.07) is 0. The lowest BCUT2D eigenvalue weighted by molar-refractivity contribution is 0.454. The molecule has 4 N–H and O–H groups in total. The van der Waals surface area contributed by atoms with Crippen molar-refractivity contribution in [2.24, 2.45) is 0 Å². The van der Waals surface area contributed by atoms with Crippen LogP contribution in [0.2, 0.25) is 0 Å². The third kappa shape index (κ3) is 9.89. The van der Waals surface area contributed by atoms with E-state index < -0.39 is 29.7 Å². The van der Waals surface area contributed by atoms with Crippen LogP contribution in [0.25, 0.3) is 0 Å². The fraction of sp³-hybridized carbons (Fsp3) is 0. The minimum absolute atomic E-state index is 2.61. The minimum Gasteiger partial charge on any atom is -0.284 e. The standard InChI is InChI=1S/H2O6S2.H2O3S/c1-7(2,3)8(4,5)6;1-4(2)3/h(H,1,2,3)(H,4,5,6);(H2,1,2,3). The van der Waals surface area contributed by atoms with Crippen molar-refractivity contribution in [3.05, 3.63) is 0 Å². The summed E-state index contributed by atoms with van der Waals surface area (Å²) < 4.78 is 75.3. The Morgan fingerprint density at radius 1 is 0.833 bits per heavy atom. The topological polar surface area (TPSA) is 166 Å². The average molecular weight is 244 g/mol. The third-order valence-corrected chi connectivity index (χ3v) is 2.40. The van der Waals surface area contributed by atoms with Crippen LogP contribution in [0.3, 0.4) is 0 Å². The van der Waals surface area contributed by atoms with Gasteiger partial charge in [-0.3, -0.25) is 18.2 Å². The highest BCUT2D eigenvalue weighted by Crippen LogP contribution is 1.90. The van der Waals surface area contributed by atoms with Crippen LogP contribution in [0.4, 0.5) is 0 Å². The molecular weight excluding hydrogens is 240 g/mol. The second kappa shape index (κ2) is 4.80. The monoisotopic (exact) mass is 244 g/mol. The molecular formula is H4O9S3. The van der Waals surface area contributed by atoms with Gasteiger partial charge in [0.1, 0.15) is 0 Å². The predicted octanol–water partition coefficient (Wildman–Crippen LogP) is -1.64. The van der Waals surface area contributed by atoms with Crippen molar-refractivity contribution in [1.29, 1.82) is 0 Å². The molecule has 12 heteroatoms. The molecule has 0 rings (SSSR count). The molecule has 0 aromatic heterocycles. The van der Waals surface area contributed by atoms with Crippen LogP contribution < -0.4 is 0 Å². The van der Waals surface area contributed by atoms with Crippen LogP contribution >= 0.6 is 0 Å². The normalized spacial score (nSPS) is 12.1. The van der Waals surface area contributed by atoms with Crippen LogP contribution in [0.1, 0.15) is 0 Å². The Bertz CT molecular complexity index is 292. The van der Waals surface area contributed by atoms with Gasteiger partial charge in [0, 0.05) is 0 Å². The van der Waals surface area contributed by atoms with E-state index in [1.165, 1.54) is 0 Å². The minimum atomic E-state index is -5.31. The fourth-order valence-corrected chi connectivity index (χ4v) is 0. The molecule has 12 heavy (non-hydrogen) atoms. The van der Waals surface area contributed by atoms with Crippen molar-refractivity contribution in [1.82, 2.24) is 0 Å². The Morgan fingerprint density at radius 3 is 0.917 bits per heavy atom. The second-order valence-corrected chi connectivity index (χ2v) is 5.79. The Morgan fingerprint density at radius 2 is 0.917 bits per heavy atom. The first-order valence-electron chi connectivity index (χ1n) is 1.73. The molecule has 0 unspecified atom stereocenters. The van der Waals surface area contributed by atoms with Gasteiger partial charge in [-0.2, -0.15) is 21.0 Å². The van der Waals surface area contributed by atoms with Gasteiger partial charge in [-0.05, 0) is 0 Å². The number of hydrogen-bond donors (Lipinski definition) is 4. The van der Waals surface area contributed by atoms with Crippen molar-refractivity contribution >= 4 is 29.7 Å². The van der Waals surface area contributed by atoms with E-state index >= 15 is 0 Å². The molecule has 0 atom stereocenters. The van der Waals surface area contributed by atoms with Gasteiger partial charge in [0.15, 0.2) is 0 Å². The lowest BCUT2D eigenvalue weighted by Crippen LogP contribution is -2.11. The van der Waals surface area contributed by atoms with E-state index in [1.807, 2.05) is 0 Å². The summed E-state index contributed by atoms with van der Waals surface area (Å²) in [5.74, 6) is 0. The predicted molar refractivity (Wildman–Crippen MR) is 36.5 cm³/mol. The van der Waals surface area contributed by atoms with E-state index in [-0.39, 0.29) is 0 Å². The summed E-state index contributed by atoms with van der Waals surface area (Å²) in [6.45, 7) is 0. The molecule has 0 saturated heterocycles. The summed E-state index contributed by atoms with van der Waals surface area (Å²) in [5.41, 5.74) is 0. The Hall–Kier alpha value is -0.110. The van der Waals surface area contributed by atoms with Gasteiger partial charge in [0.25, 0.3) is 11.4 Å². The molecule has 9 nitrogen and oxygen atoms in total. The maximum Gasteiger partial charge on any atom is 0.397 e. The maximum absolute atomic E-state index is 9.37. The van der Waals surface area contributed by atoms with Gasteiger partial charge in [0.2, 0.25) is 0 Å². The Kier molecular flexibility index (Phi) is 5.77. The first-order valence-corrected chi connectivity index (χ1v) is 6.19. The van der Waals surface area contributed by atoms with Crippen molar-refractivity contribution in [3.63, 3.8) is 0 Å². The highest BCUT2D eigenvalue weighted by molar-refractivity contribution is 8.62. The molecule has 0 radical (unpaired) electrons. The van der Waals surface area contributed by atoms with E-state index in [9.17, 15) is 16.8 Å². The Labute approximate surface area is 69.4 Å². The molecule has 0 amide bonds. The zero-order valence-corrected chi connectivity index (χ0v) is 7.50.